The first-order valence-electron chi connectivity index (χ1n) is 24.1. The zero-order chi connectivity index (χ0) is 49.7. The van der Waals surface area contributed by atoms with E-state index in [0.717, 1.165) is 115 Å². The number of esters is 1. The standard InChI is InChI=1S/C26H33N3O2.C25H31N3O2.2C2H6.H3NO/c1-5-16-29(17-6-2)22-13-14-24-23(19-22)27-25(28(24)4)18-21-10-8-20(9-11-21)12-15-26(30)31-7-3;1-4-14-28(15-5-2)21-11-13-24-23(17-21)26-25(27(24)3)16-20-8-6-19(7-9-20)10-12-22(30)18-29;3*1-2/h8-15,19H,5-7,16-18H2,1-4H3;6-13,17,29H,4-5,14-16,18H2,1-3H3;2*1-2H3;2H,1H2/b15-12+;12-10+;;;. The minimum absolute atomic E-state index is 0.297. The normalized spacial score (nSPS) is 10.7. The smallest absolute Gasteiger partial charge is 0.330 e. The van der Waals surface area contributed by atoms with E-state index in [9.17, 15) is 9.59 Å². The largest absolute Gasteiger partial charge is 0.463 e. The first-order chi connectivity index (χ1) is 32.6. The Balaban J connectivity index is 0.000000414. The highest BCUT2D eigenvalue weighted by molar-refractivity contribution is 5.94. The fourth-order valence-corrected chi connectivity index (χ4v) is 7.46. The number of aromatic nitrogens is 4. The zero-order valence-corrected chi connectivity index (χ0v) is 42.3. The summed E-state index contributed by atoms with van der Waals surface area (Å²) in [6, 6.07) is 29.4. The van der Waals surface area contributed by atoms with Crippen LogP contribution in [0.4, 0.5) is 11.4 Å². The molecule has 0 bridgehead atoms. The Morgan fingerprint density at radius 3 is 1.31 bits per heavy atom. The van der Waals surface area contributed by atoms with Gasteiger partial charge in [-0.15, -0.1) is 0 Å². The fraction of sp³-hybridized carbons (Fsp3) is 0.418. The van der Waals surface area contributed by atoms with Crippen molar-refractivity contribution in [3.8, 4) is 0 Å². The lowest BCUT2D eigenvalue weighted by Gasteiger charge is -2.23. The molecular weight excluding hydrogens is 839 g/mol. The molecule has 12 nitrogen and oxygen atoms in total. The van der Waals surface area contributed by atoms with Crippen molar-refractivity contribution in [2.45, 2.75) is 101 Å². The van der Waals surface area contributed by atoms with Gasteiger partial charge in [-0.25, -0.2) is 20.7 Å². The van der Waals surface area contributed by atoms with Crippen LogP contribution in [0.3, 0.4) is 0 Å². The van der Waals surface area contributed by atoms with Crippen LogP contribution in [0.2, 0.25) is 0 Å². The average molecular weight is 918 g/mol. The Bertz CT molecular complexity index is 2390. The number of nitrogens with two attached hydrogens (primary N) is 1. The van der Waals surface area contributed by atoms with Crippen LogP contribution in [0.25, 0.3) is 34.2 Å². The van der Waals surface area contributed by atoms with E-state index in [2.05, 4.69) is 127 Å². The number of aryl methyl sites for hydroxylation is 2. The van der Waals surface area contributed by atoms with Crippen LogP contribution in [-0.2, 0) is 41.3 Å². The first-order valence-corrected chi connectivity index (χ1v) is 24.1. The van der Waals surface area contributed by atoms with Gasteiger partial charge in [0, 0.05) is 70.6 Å². The van der Waals surface area contributed by atoms with E-state index in [1.54, 1.807) is 19.1 Å². The SMILES string of the molecule is CC.CC.CCCN(CCC)c1ccc2c(c1)nc(Cc1ccc(/C=C/C(=O)CO)cc1)n2C.CCCN(CCC)c1ccc2c(c1)nc(Cc1ccc(/C=C/C(=O)OCC)cc1)n2C.NO. The number of imidazole rings is 2. The quantitative estimate of drug-likeness (QED) is 0.0383. The second-order valence-corrected chi connectivity index (χ2v) is 15.4. The number of anilines is 2. The molecule has 364 valence electrons. The van der Waals surface area contributed by atoms with E-state index in [1.807, 2.05) is 52.0 Å². The molecule has 0 aliphatic rings. The number of aliphatic hydroxyl groups is 1. The van der Waals surface area contributed by atoms with Crippen LogP contribution in [0, 0.1) is 0 Å². The van der Waals surface area contributed by atoms with Crippen molar-refractivity contribution >= 4 is 57.3 Å². The summed E-state index contributed by atoms with van der Waals surface area (Å²) < 4.78 is 9.26. The van der Waals surface area contributed by atoms with E-state index in [1.165, 1.54) is 29.1 Å². The molecule has 0 spiro atoms. The van der Waals surface area contributed by atoms with Gasteiger partial charge < -0.3 is 34.0 Å². The third kappa shape index (κ3) is 17.6. The average Bonchev–Trinajstić information content (AvgIpc) is 3.85. The van der Waals surface area contributed by atoms with E-state index in [4.69, 9.17) is 25.0 Å². The number of benzene rings is 4. The lowest BCUT2D eigenvalue weighted by molar-refractivity contribution is -0.137. The molecule has 2 heterocycles. The number of hydrogen-bond acceptors (Lipinski definition) is 10. The van der Waals surface area contributed by atoms with Crippen molar-refractivity contribution < 1.29 is 24.6 Å². The predicted octanol–water partition coefficient (Wildman–Crippen LogP) is 11.1. The van der Waals surface area contributed by atoms with Crippen LogP contribution in [0.1, 0.15) is 122 Å². The molecule has 2 aromatic heterocycles. The predicted molar refractivity (Wildman–Crippen MR) is 281 cm³/mol. The molecule has 12 heteroatoms. The van der Waals surface area contributed by atoms with E-state index >= 15 is 0 Å². The molecule has 0 atom stereocenters. The maximum atomic E-state index is 11.5. The van der Waals surface area contributed by atoms with Crippen molar-refractivity contribution in [1.29, 1.82) is 0 Å². The summed E-state index contributed by atoms with van der Waals surface area (Å²) in [6.07, 6.45) is 12.4. The molecular formula is C55H79N7O5. The summed E-state index contributed by atoms with van der Waals surface area (Å²) in [6.45, 7) is 22.8. The number of hydrogen-bond donors (Lipinski definition) is 3. The molecule has 6 aromatic rings. The maximum Gasteiger partial charge on any atom is 0.330 e. The highest BCUT2D eigenvalue weighted by Crippen LogP contribution is 2.26. The summed E-state index contributed by atoms with van der Waals surface area (Å²) in [7, 11) is 4.15. The zero-order valence-electron chi connectivity index (χ0n) is 42.3. The number of fused-ring (bicyclic) bond motifs is 2. The molecule has 4 N–H and O–H groups in total. The van der Waals surface area contributed by atoms with Gasteiger partial charge in [0.1, 0.15) is 18.3 Å². The fourth-order valence-electron chi connectivity index (χ4n) is 7.46. The first kappa shape index (κ1) is 57.0. The summed E-state index contributed by atoms with van der Waals surface area (Å²) >= 11 is 0. The highest BCUT2D eigenvalue weighted by Gasteiger charge is 2.14. The van der Waals surface area contributed by atoms with Gasteiger partial charge in [0.05, 0.1) is 28.7 Å². The molecule has 0 radical (unpaired) electrons. The Morgan fingerprint density at radius 1 is 0.597 bits per heavy atom. The molecule has 4 aromatic carbocycles. The third-order valence-electron chi connectivity index (χ3n) is 10.6. The van der Waals surface area contributed by atoms with Crippen molar-refractivity contribution in [3.05, 3.63) is 131 Å². The van der Waals surface area contributed by atoms with Crippen LogP contribution in [0.5, 0.6) is 0 Å². The molecule has 0 aliphatic heterocycles. The highest BCUT2D eigenvalue weighted by atomic mass is 16.5. The van der Waals surface area contributed by atoms with Crippen molar-refractivity contribution in [1.82, 2.24) is 19.1 Å². The minimum atomic E-state index is -0.461. The summed E-state index contributed by atoms with van der Waals surface area (Å²) in [5.41, 5.74) is 11.1. The van der Waals surface area contributed by atoms with E-state index in [0.29, 0.717) is 6.61 Å². The minimum Gasteiger partial charge on any atom is -0.463 e. The number of ketones is 1. The Labute approximate surface area is 400 Å². The van der Waals surface area contributed by atoms with E-state index < -0.39 is 6.61 Å². The Kier molecular flexibility index (Phi) is 27.0. The van der Waals surface area contributed by atoms with Crippen LogP contribution in [-0.4, -0.2) is 80.6 Å². The van der Waals surface area contributed by atoms with Crippen LogP contribution < -0.4 is 15.7 Å². The second-order valence-electron chi connectivity index (χ2n) is 15.4. The molecule has 6 rings (SSSR count). The van der Waals surface area contributed by atoms with Crippen molar-refractivity contribution in [2.24, 2.45) is 20.0 Å². The third-order valence-corrected chi connectivity index (χ3v) is 10.6. The van der Waals surface area contributed by atoms with Crippen LogP contribution >= 0.6 is 0 Å². The van der Waals surface area contributed by atoms with Crippen molar-refractivity contribution in [2.75, 3.05) is 49.2 Å². The lowest BCUT2D eigenvalue weighted by atomic mass is 10.1. The number of carbonyl (C=O) groups is 2. The maximum absolute atomic E-state index is 11.5. The Hall–Kier alpha value is -6.08. The summed E-state index contributed by atoms with van der Waals surface area (Å²) in [5, 5.41) is 15.3. The van der Waals surface area contributed by atoms with Gasteiger partial charge in [0.2, 0.25) is 0 Å². The summed E-state index contributed by atoms with van der Waals surface area (Å²) in [5.74, 6) is 4.95. The van der Waals surface area contributed by atoms with Gasteiger partial charge in [-0.3, -0.25) is 4.79 Å². The molecule has 0 saturated carbocycles. The van der Waals surface area contributed by atoms with Crippen molar-refractivity contribution in [3.63, 3.8) is 0 Å². The van der Waals surface area contributed by atoms with E-state index in [-0.39, 0.29) is 11.8 Å². The number of carbonyl (C=O) groups excluding carboxylic acids is 2. The van der Waals surface area contributed by atoms with Crippen LogP contribution in [0.15, 0.2) is 97.1 Å². The number of aliphatic hydroxyl groups excluding tert-OH is 1. The Morgan fingerprint density at radius 2 is 0.970 bits per heavy atom. The molecule has 67 heavy (non-hydrogen) atoms. The molecule has 0 unspecified atom stereocenters. The second kappa shape index (κ2) is 31.8. The topological polar surface area (TPSA) is 152 Å². The molecule has 0 fully saturated rings. The molecule has 0 saturated heterocycles. The summed E-state index contributed by atoms with van der Waals surface area (Å²) in [4.78, 5) is 37.4. The van der Waals surface area contributed by atoms with Gasteiger partial charge >= 0.3 is 5.97 Å². The monoisotopic (exact) mass is 918 g/mol. The number of nitrogens with zero attached hydrogens (tertiary/aromatic N) is 6. The molecule has 0 aliphatic carbocycles. The van der Waals surface area contributed by atoms with Gasteiger partial charge in [0.15, 0.2) is 5.78 Å². The van der Waals surface area contributed by atoms with Gasteiger partial charge in [-0.05, 0) is 103 Å². The molecule has 0 amide bonds. The van der Waals surface area contributed by atoms with Gasteiger partial charge in [-0.2, -0.15) is 0 Å². The number of ether oxygens (including phenoxy) is 1. The lowest BCUT2D eigenvalue weighted by Crippen LogP contribution is -2.24. The van der Waals surface area contributed by atoms with Gasteiger partial charge in [0.25, 0.3) is 0 Å². The van der Waals surface area contributed by atoms with Gasteiger partial charge in [-0.1, -0.05) is 110 Å². The number of rotatable bonds is 20.